The van der Waals surface area contributed by atoms with Crippen molar-refractivity contribution in [3.63, 3.8) is 0 Å². The summed E-state index contributed by atoms with van der Waals surface area (Å²) in [4.78, 5) is 0. The Hall–Kier alpha value is -0.980. The van der Waals surface area contributed by atoms with Crippen molar-refractivity contribution in [1.82, 2.24) is 0 Å². The molecule has 1 aliphatic rings. The van der Waals surface area contributed by atoms with Gasteiger partial charge in [-0.1, -0.05) is 48.5 Å². The number of benzene rings is 2. The minimum absolute atomic E-state index is 0.146. The molecule has 3 rings (SSSR count). The lowest BCUT2D eigenvalue weighted by atomic mass is 9.85. The molecule has 2 atom stereocenters. The van der Waals surface area contributed by atoms with E-state index < -0.39 is 0 Å². The predicted molar refractivity (Wildman–Crippen MR) is 69.1 cm³/mol. The number of rotatable bonds is 0. The topological polar surface area (TPSA) is 0 Å². The maximum atomic E-state index is 6.39. The second-order valence-electron chi connectivity index (χ2n) is 3.98. The van der Waals surface area contributed by atoms with Crippen molar-refractivity contribution < 1.29 is 0 Å². The fraction of sp³-hybridized carbons (Fsp3) is 0.143. The van der Waals surface area contributed by atoms with Crippen LogP contribution in [0.15, 0.2) is 48.5 Å². The molecule has 0 saturated carbocycles. The van der Waals surface area contributed by atoms with Crippen LogP contribution in [0.2, 0.25) is 0 Å². The number of halogens is 2. The van der Waals surface area contributed by atoms with Gasteiger partial charge in [0, 0.05) is 0 Å². The summed E-state index contributed by atoms with van der Waals surface area (Å²) in [5, 5.41) is -0.291. The Labute approximate surface area is 105 Å². The first kappa shape index (κ1) is 10.2. The van der Waals surface area contributed by atoms with Crippen LogP contribution in [-0.2, 0) is 0 Å². The number of fused-ring (bicyclic) bond motifs is 3. The second kappa shape index (κ2) is 3.80. The van der Waals surface area contributed by atoms with E-state index in [1.165, 1.54) is 11.1 Å². The predicted octanol–water partition coefficient (Wildman–Crippen LogP) is 4.93. The molecular weight excluding hydrogens is 239 g/mol. The van der Waals surface area contributed by atoms with Crippen LogP contribution in [0, 0.1) is 0 Å². The molecule has 0 fully saturated rings. The third-order valence-electron chi connectivity index (χ3n) is 3.06. The van der Waals surface area contributed by atoms with Gasteiger partial charge in [-0.25, -0.2) is 0 Å². The summed E-state index contributed by atoms with van der Waals surface area (Å²) >= 11 is 12.8. The molecule has 0 radical (unpaired) electrons. The summed E-state index contributed by atoms with van der Waals surface area (Å²) in [6, 6.07) is 16.4. The Kier molecular flexibility index (Phi) is 2.42. The molecule has 0 N–H and O–H groups in total. The van der Waals surface area contributed by atoms with Crippen LogP contribution in [-0.4, -0.2) is 0 Å². The van der Waals surface area contributed by atoms with E-state index in [0.717, 1.165) is 11.1 Å². The number of hydrogen-bond donors (Lipinski definition) is 0. The molecule has 16 heavy (non-hydrogen) atoms. The van der Waals surface area contributed by atoms with Crippen LogP contribution in [0.4, 0.5) is 0 Å². The molecule has 0 heterocycles. The Morgan fingerprint density at radius 3 is 1.44 bits per heavy atom. The van der Waals surface area contributed by atoms with Crippen LogP contribution in [0.25, 0.3) is 11.1 Å². The molecule has 0 amide bonds. The van der Waals surface area contributed by atoms with Gasteiger partial charge in [0.15, 0.2) is 0 Å². The van der Waals surface area contributed by atoms with Gasteiger partial charge in [0.05, 0.1) is 10.8 Å². The first-order valence-corrected chi connectivity index (χ1v) is 6.12. The van der Waals surface area contributed by atoms with E-state index in [-0.39, 0.29) is 10.8 Å². The summed E-state index contributed by atoms with van der Waals surface area (Å²) in [5.41, 5.74) is 4.66. The average molecular weight is 249 g/mol. The van der Waals surface area contributed by atoms with Gasteiger partial charge in [-0.05, 0) is 22.3 Å². The van der Waals surface area contributed by atoms with Gasteiger partial charge in [0.1, 0.15) is 0 Å². The molecule has 2 aromatic carbocycles. The SMILES string of the molecule is ClC1c2ccccc2-c2ccccc2C1Cl. The quantitative estimate of drug-likeness (QED) is 0.581. The van der Waals surface area contributed by atoms with Crippen molar-refractivity contribution in [1.29, 1.82) is 0 Å². The lowest BCUT2D eigenvalue weighted by molar-refractivity contribution is 0.867. The third kappa shape index (κ3) is 1.37. The van der Waals surface area contributed by atoms with Crippen LogP contribution in [0.3, 0.4) is 0 Å². The van der Waals surface area contributed by atoms with E-state index in [1.807, 2.05) is 24.3 Å². The Balaban J connectivity index is 2.33. The van der Waals surface area contributed by atoms with Gasteiger partial charge < -0.3 is 0 Å². The molecule has 0 saturated heterocycles. The lowest BCUT2D eigenvalue weighted by Gasteiger charge is -2.28. The second-order valence-corrected chi connectivity index (χ2v) is 4.92. The molecule has 0 aromatic heterocycles. The zero-order chi connectivity index (χ0) is 11.1. The first-order valence-electron chi connectivity index (χ1n) is 5.25. The van der Waals surface area contributed by atoms with E-state index in [4.69, 9.17) is 23.2 Å². The number of hydrogen-bond acceptors (Lipinski definition) is 0. The van der Waals surface area contributed by atoms with Crippen LogP contribution in [0.1, 0.15) is 21.9 Å². The third-order valence-corrected chi connectivity index (χ3v) is 4.17. The van der Waals surface area contributed by atoms with Gasteiger partial charge in [0.2, 0.25) is 0 Å². The maximum absolute atomic E-state index is 6.39. The van der Waals surface area contributed by atoms with Crippen LogP contribution < -0.4 is 0 Å². The molecule has 2 unspecified atom stereocenters. The van der Waals surface area contributed by atoms with Crippen molar-refractivity contribution in [2.45, 2.75) is 10.8 Å². The van der Waals surface area contributed by atoms with Gasteiger partial charge in [0.25, 0.3) is 0 Å². The normalized spacial score (nSPS) is 22.4. The Morgan fingerprint density at radius 2 is 1.00 bits per heavy atom. The molecule has 0 spiro atoms. The van der Waals surface area contributed by atoms with E-state index in [1.54, 1.807) is 0 Å². The van der Waals surface area contributed by atoms with E-state index in [2.05, 4.69) is 24.3 Å². The molecule has 0 nitrogen and oxygen atoms in total. The van der Waals surface area contributed by atoms with Gasteiger partial charge in [-0.15, -0.1) is 23.2 Å². The molecule has 80 valence electrons. The standard InChI is InChI=1S/C14H10Cl2/c15-13-11-7-3-1-5-9(11)10-6-2-4-8-12(10)14(13)16/h1-8,13-14H. The van der Waals surface area contributed by atoms with E-state index in [9.17, 15) is 0 Å². The molecule has 1 aliphatic carbocycles. The van der Waals surface area contributed by atoms with Gasteiger partial charge >= 0.3 is 0 Å². The van der Waals surface area contributed by atoms with E-state index >= 15 is 0 Å². The van der Waals surface area contributed by atoms with Crippen LogP contribution in [0.5, 0.6) is 0 Å². The maximum Gasteiger partial charge on any atom is 0.0796 e. The smallest absolute Gasteiger partial charge is 0.0796 e. The summed E-state index contributed by atoms with van der Waals surface area (Å²) in [6.07, 6.45) is 0. The van der Waals surface area contributed by atoms with E-state index in [0.29, 0.717) is 0 Å². The monoisotopic (exact) mass is 248 g/mol. The molecule has 0 bridgehead atoms. The highest BCUT2D eigenvalue weighted by Gasteiger charge is 2.30. The summed E-state index contributed by atoms with van der Waals surface area (Å²) < 4.78 is 0. The van der Waals surface area contributed by atoms with Gasteiger partial charge in [-0.2, -0.15) is 0 Å². The zero-order valence-corrected chi connectivity index (χ0v) is 10.0. The van der Waals surface area contributed by atoms with Crippen molar-refractivity contribution in [3.8, 4) is 11.1 Å². The summed E-state index contributed by atoms with van der Waals surface area (Å²) in [6.45, 7) is 0. The van der Waals surface area contributed by atoms with Crippen molar-refractivity contribution in [2.24, 2.45) is 0 Å². The Bertz CT molecular complexity index is 484. The molecule has 2 aromatic rings. The number of alkyl halides is 2. The highest BCUT2D eigenvalue weighted by molar-refractivity contribution is 6.31. The lowest BCUT2D eigenvalue weighted by Crippen LogP contribution is -2.09. The molecule has 2 heteroatoms. The Morgan fingerprint density at radius 1 is 0.625 bits per heavy atom. The summed E-state index contributed by atoms with van der Waals surface area (Å²) in [5.74, 6) is 0. The highest BCUT2D eigenvalue weighted by Crippen LogP contribution is 2.50. The minimum atomic E-state index is -0.146. The van der Waals surface area contributed by atoms with Crippen LogP contribution >= 0.6 is 23.2 Å². The fourth-order valence-electron chi connectivity index (χ4n) is 2.28. The molecule has 0 aliphatic heterocycles. The first-order chi connectivity index (χ1) is 7.79. The van der Waals surface area contributed by atoms with Crippen molar-refractivity contribution >= 4 is 23.2 Å². The fourth-order valence-corrected chi connectivity index (χ4v) is 2.93. The minimum Gasteiger partial charge on any atom is -0.116 e. The van der Waals surface area contributed by atoms with Crippen molar-refractivity contribution in [2.75, 3.05) is 0 Å². The van der Waals surface area contributed by atoms with Gasteiger partial charge in [-0.3, -0.25) is 0 Å². The summed E-state index contributed by atoms with van der Waals surface area (Å²) in [7, 11) is 0. The average Bonchev–Trinajstić information content (AvgIpc) is 2.36. The largest absolute Gasteiger partial charge is 0.116 e. The molecular formula is C14H10Cl2. The zero-order valence-electron chi connectivity index (χ0n) is 8.53. The van der Waals surface area contributed by atoms with Crippen molar-refractivity contribution in [3.05, 3.63) is 59.7 Å². The highest BCUT2D eigenvalue weighted by atomic mass is 35.5.